The van der Waals surface area contributed by atoms with Crippen LogP contribution in [0.3, 0.4) is 0 Å². The molecule has 1 unspecified atom stereocenters. The van der Waals surface area contributed by atoms with Gasteiger partial charge in [-0.2, -0.15) is 0 Å². The largest absolute Gasteiger partial charge is 0.471 e. The number of nitrogens with one attached hydrogen (secondary N) is 1. The van der Waals surface area contributed by atoms with E-state index in [4.69, 9.17) is 4.74 Å². The summed E-state index contributed by atoms with van der Waals surface area (Å²) in [4.78, 5) is 24.1. The first-order valence-corrected chi connectivity index (χ1v) is 6.73. The summed E-state index contributed by atoms with van der Waals surface area (Å²) in [5, 5.41) is 3.35. The fourth-order valence-electron chi connectivity index (χ4n) is 3.12. The molecule has 1 aromatic rings. The number of fused-ring (bicyclic) bond motifs is 1. The van der Waals surface area contributed by atoms with Crippen LogP contribution in [0.5, 0.6) is 5.88 Å². The first-order valence-electron chi connectivity index (χ1n) is 6.73. The smallest absolute Gasteiger partial charge is 0.333 e. The van der Waals surface area contributed by atoms with Gasteiger partial charge in [-0.25, -0.2) is 4.79 Å². The van der Waals surface area contributed by atoms with Crippen LogP contribution >= 0.6 is 0 Å². The molecule has 1 atom stereocenters. The lowest BCUT2D eigenvalue weighted by Crippen LogP contribution is -2.38. The molecular weight excluding hydrogens is 246 g/mol. The molecule has 0 aromatic carbocycles. The Morgan fingerprint density at radius 2 is 1.95 bits per heavy atom. The van der Waals surface area contributed by atoms with Crippen molar-refractivity contribution in [1.82, 2.24) is 14.5 Å². The Kier molecular flexibility index (Phi) is 2.78. The lowest BCUT2D eigenvalue weighted by molar-refractivity contribution is 0.0726. The van der Waals surface area contributed by atoms with Gasteiger partial charge in [-0.1, -0.05) is 0 Å². The minimum atomic E-state index is -0.326. The number of hydrogen-bond donors (Lipinski definition) is 1. The molecule has 19 heavy (non-hydrogen) atoms. The van der Waals surface area contributed by atoms with E-state index in [9.17, 15) is 9.59 Å². The van der Waals surface area contributed by atoms with Gasteiger partial charge in [0.1, 0.15) is 5.60 Å². The highest BCUT2D eigenvalue weighted by molar-refractivity contribution is 5.32. The minimum absolute atomic E-state index is 0.216. The molecule has 0 radical (unpaired) electrons. The number of aromatic nitrogens is 2. The van der Waals surface area contributed by atoms with Gasteiger partial charge < -0.3 is 10.1 Å². The molecular formula is C13H19N3O3. The van der Waals surface area contributed by atoms with E-state index in [0.717, 1.165) is 36.9 Å². The Morgan fingerprint density at radius 3 is 2.74 bits per heavy atom. The van der Waals surface area contributed by atoms with Crippen LogP contribution in [-0.2, 0) is 20.5 Å². The van der Waals surface area contributed by atoms with Crippen LogP contribution in [0, 0.1) is 0 Å². The van der Waals surface area contributed by atoms with Crippen LogP contribution in [-0.4, -0.2) is 27.8 Å². The van der Waals surface area contributed by atoms with Crippen LogP contribution in [0.4, 0.5) is 0 Å². The average Bonchev–Trinajstić information content (AvgIpc) is 2.62. The molecule has 0 aliphatic carbocycles. The zero-order valence-corrected chi connectivity index (χ0v) is 11.4. The quantitative estimate of drug-likeness (QED) is 0.689. The van der Waals surface area contributed by atoms with Crippen molar-refractivity contribution in [3.63, 3.8) is 0 Å². The normalized spacial score (nSPS) is 26.0. The topological polar surface area (TPSA) is 65.3 Å². The van der Waals surface area contributed by atoms with Gasteiger partial charge in [-0.3, -0.25) is 13.9 Å². The highest BCUT2D eigenvalue weighted by Gasteiger charge is 2.42. The van der Waals surface area contributed by atoms with Crippen LogP contribution in [0.2, 0.25) is 0 Å². The van der Waals surface area contributed by atoms with E-state index in [1.807, 2.05) is 0 Å². The molecule has 3 heterocycles. The van der Waals surface area contributed by atoms with Crippen molar-refractivity contribution < 1.29 is 4.74 Å². The van der Waals surface area contributed by atoms with Crippen molar-refractivity contribution in [1.29, 1.82) is 0 Å². The highest BCUT2D eigenvalue weighted by atomic mass is 16.5. The second kappa shape index (κ2) is 4.23. The Hall–Kier alpha value is -1.56. The summed E-state index contributed by atoms with van der Waals surface area (Å²) in [6, 6.07) is 0. The highest BCUT2D eigenvalue weighted by Crippen LogP contribution is 2.37. The Morgan fingerprint density at radius 1 is 1.16 bits per heavy atom. The molecule has 0 bridgehead atoms. The fourth-order valence-corrected chi connectivity index (χ4v) is 3.12. The second-order valence-electron chi connectivity index (χ2n) is 5.55. The van der Waals surface area contributed by atoms with Gasteiger partial charge in [0.25, 0.3) is 5.56 Å². The summed E-state index contributed by atoms with van der Waals surface area (Å²) < 4.78 is 8.68. The van der Waals surface area contributed by atoms with Crippen molar-refractivity contribution in [2.24, 2.45) is 14.1 Å². The third kappa shape index (κ3) is 1.82. The molecule has 3 rings (SSSR count). The van der Waals surface area contributed by atoms with Crippen molar-refractivity contribution in [3.8, 4) is 5.88 Å². The molecule has 1 saturated heterocycles. The third-order valence-electron chi connectivity index (χ3n) is 4.25. The van der Waals surface area contributed by atoms with E-state index in [-0.39, 0.29) is 16.9 Å². The number of nitrogens with zero attached hydrogens (tertiary/aromatic N) is 2. The van der Waals surface area contributed by atoms with Crippen molar-refractivity contribution >= 4 is 0 Å². The summed E-state index contributed by atoms with van der Waals surface area (Å²) >= 11 is 0. The summed E-state index contributed by atoms with van der Waals surface area (Å²) in [5.41, 5.74) is -0.199. The molecule has 2 aliphatic heterocycles. The van der Waals surface area contributed by atoms with Gasteiger partial charge in [0, 0.05) is 20.5 Å². The number of rotatable bonds is 0. The summed E-state index contributed by atoms with van der Waals surface area (Å²) in [5.74, 6) is 0.468. The van der Waals surface area contributed by atoms with Gasteiger partial charge in [-0.15, -0.1) is 0 Å². The third-order valence-corrected chi connectivity index (χ3v) is 4.25. The first kappa shape index (κ1) is 12.5. The van der Waals surface area contributed by atoms with Crippen molar-refractivity contribution in [3.05, 3.63) is 26.4 Å². The molecule has 0 saturated carbocycles. The Bertz CT molecular complexity index is 621. The number of ether oxygens (including phenoxy) is 1. The van der Waals surface area contributed by atoms with Gasteiger partial charge in [0.2, 0.25) is 5.88 Å². The molecule has 1 N–H and O–H groups in total. The van der Waals surface area contributed by atoms with Crippen molar-refractivity contribution in [2.75, 3.05) is 13.1 Å². The summed E-state index contributed by atoms with van der Waals surface area (Å²) in [6.07, 6.45) is 3.44. The molecule has 104 valence electrons. The predicted octanol–water partition coefficient (Wildman–Crippen LogP) is -0.469. The molecule has 2 aliphatic rings. The molecule has 6 nitrogen and oxygen atoms in total. The predicted molar refractivity (Wildman–Crippen MR) is 70.7 cm³/mol. The van der Waals surface area contributed by atoms with E-state index in [0.29, 0.717) is 17.9 Å². The van der Waals surface area contributed by atoms with E-state index < -0.39 is 0 Å². The Balaban J connectivity index is 2.09. The van der Waals surface area contributed by atoms with E-state index in [1.54, 1.807) is 7.05 Å². The first-order chi connectivity index (χ1) is 9.04. The maximum atomic E-state index is 12.2. The fraction of sp³-hybridized carbons (Fsp3) is 0.692. The minimum Gasteiger partial charge on any atom is -0.471 e. The van der Waals surface area contributed by atoms with Gasteiger partial charge in [0.05, 0.1) is 5.56 Å². The number of hydrogen-bond acceptors (Lipinski definition) is 4. The van der Waals surface area contributed by atoms with Crippen LogP contribution < -0.4 is 21.3 Å². The van der Waals surface area contributed by atoms with E-state index >= 15 is 0 Å². The molecule has 1 aromatic heterocycles. The van der Waals surface area contributed by atoms with Gasteiger partial charge >= 0.3 is 5.69 Å². The Labute approximate surface area is 111 Å². The summed E-state index contributed by atoms with van der Waals surface area (Å²) in [6.45, 7) is 1.88. The lowest BCUT2D eigenvalue weighted by Gasteiger charge is -2.26. The maximum Gasteiger partial charge on any atom is 0.333 e. The molecule has 6 heteroatoms. The van der Waals surface area contributed by atoms with E-state index in [2.05, 4.69) is 5.32 Å². The van der Waals surface area contributed by atoms with Crippen LogP contribution in [0.15, 0.2) is 9.59 Å². The van der Waals surface area contributed by atoms with Gasteiger partial charge in [-0.05, 0) is 32.4 Å². The zero-order valence-electron chi connectivity index (χ0n) is 11.4. The zero-order chi connectivity index (χ0) is 13.6. The van der Waals surface area contributed by atoms with Crippen LogP contribution in [0.25, 0.3) is 0 Å². The molecule has 0 amide bonds. The van der Waals surface area contributed by atoms with Crippen molar-refractivity contribution in [2.45, 2.75) is 31.3 Å². The SMILES string of the molecule is Cn1c2c(c(=O)n(C)c1=O)CC1(CCCNCC1)O2. The standard InChI is InChI=1S/C13H19N3O3/c1-15-10(17)9-8-13(4-3-6-14-7-5-13)19-11(9)16(2)12(15)18/h14H,3-8H2,1-2H3. The monoisotopic (exact) mass is 265 g/mol. The van der Waals surface area contributed by atoms with E-state index in [1.165, 1.54) is 11.6 Å². The van der Waals surface area contributed by atoms with Crippen LogP contribution in [0.1, 0.15) is 24.8 Å². The molecule has 1 fully saturated rings. The second-order valence-corrected chi connectivity index (χ2v) is 5.55. The van der Waals surface area contributed by atoms with Gasteiger partial charge in [0.15, 0.2) is 0 Å². The lowest BCUT2D eigenvalue weighted by atomic mass is 9.90. The average molecular weight is 265 g/mol. The maximum absolute atomic E-state index is 12.2. The molecule has 1 spiro atoms. The summed E-state index contributed by atoms with van der Waals surface area (Å²) in [7, 11) is 3.18.